The van der Waals surface area contributed by atoms with E-state index in [4.69, 9.17) is 0 Å². The zero-order chi connectivity index (χ0) is 22.1. The predicted molar refractivity (Wildman–Crippen MR) is 139 cm³/mol. The summed E-state index contributed by atoms with van der Waals surface area (Å²) in [5.74, 6) is 0. The Morgan fingerprint density at radius 3 is 2.13 bits per heavy atom. The maximum Gasteiger partial charge on any atom is 0.0923 e. The molecule has 0 aliphatic carbocycles. The minimum absolute atomic E-state index is 0.481. The molecule has 0 heterocycles. The second-order valence-electron chi connectivity index (χ2n) is 8.81. The first kappa shape index (κ1) is 24.2. The normalized spacial score (nSPS) is 12.8. The average molecular weight is 485 g/mol. The predicted octanol–water partition coefficient (Wildman–Crippen LogP) is 8.25. The van der Waals surface area contributed by atoms with E-state index in [9.17, 15) is 5.11 Å². The highest BCUT2D eigenvalue weighted by atomic mass is 79.9. The molecule has 2 nitrogen and oxygen atoms in total. The van der Waals surface area contributed by atoms with Crippen LogP contribution < -0.4 is 0 Å². The van der Waals surface area contributed by atoms with E-state index in [0.717, 1.165) is 28.5 Å². The van der Waals surface area contributed by atoms with Gasteiger partial charge >= 0.3 is 0 Å². The molecular weight excluding hydrogens is 446 g/mol. The van der Waals surface area contributed by atoms with Crippen molar-refractivity contribution < 1.29 is 5.11 Å². The SMILES string of the molecule is CCCCCCN(CCCCCC)CC(O)c1cc2ccccc2c2cc(Br)ccc12. The lowest BCUT2D eigenvalue weighted by molar-refractivity contribution is 0.111. The molecule has 0 bridgehead atoms. The van der Waals surface area contributed by atoms with Crippen molar-refractivity contribution in [2.24, 2.45) is 0 Å². The lowest BCUT2D eigenvalue weighted by Gasteiger charge is -2.26. The second-order valence-corrected chi connectivity index (χ2v) is 9.73. The monoisotopic (exact) mass is 483 g/mol. The van der Waals surface area contributed by atoms with E-state index < -0.39 is 6.10 Å². The molecule has 3 aromatic rings. The van der Waals surface area contributed by atoms with E-state index in [-0.39, 0.29) is 0 Å². The molecule has 1 atom stereocenters. The number of halogens is 1. The fourth-order valence-corrected chi connectivity index (χ4v) is 4.90. The van der Waals surface area contributed by atoms with Crippen molar-refractivity contribution in [3.05, 3.63) is 58.6 Å². The fraction of sp³-hybridized carbons (Fsp3) is 0.500. The smallest absolute Gasteiger partial charge is 0.0923 e. The van der Waals surface area contributed by atoms with Crippen molar-refractivity contribution in [3.8, 4) is 0 Å². The molecule has 3 rings (SSSR count). The quantitative estimate of drug-likeness (QED) is 0.195. The summed E-state index contributed by atoms with van der Waals surface area (Å²) in [6.45, 7) is 7.40. The van der Waals surface area contributed by atoms with Gasteiger partial charge in [0.05, 0.1) is 6.10 Å². The summed E-state index contributed by atoms with van der Waals surface area (Å²) in [7, 11) is 0. The second kappa shape index (κ2) is 12.6. The Balaban J connectivity index is 1.83. The molecule has 3 aromatic carbocycles. The maximum atomic E-state index is 11.4. The molecule has 0 radical (unpaired) electrons. The molecule has 0 aliphatic heterocycles. The minimum atomic E-state index is -0.481. The van der Waals surface area contributed by atoms with Crippen LogP contribution in [0.25, 0.3) is 21.5 Å². The summed E-state index contributed by atoms with van der Waals surface area (Å²) in [6, 6.07) is 17.1. The number of unbranched alkanes of at least 4 members (excludes halogenated alkanes) is 6. The van der Waals surface area contributed by atoms with Crippen LogP contribution in [0.2, 0.25) is 0 Å². The van der Waals surface area contributed by atoms with Crippen LogP contribution in [0.4, 0.5) is 0 Å². The number of nitrogens with zero attached hydrogens (tertiary/aromatic N) is 1. The highest BCUT2D eigenvalue weighted by molar-refractivity contribution is 9.10. The summed E-state index contributed by atoms with van der Waals surface area (Å²) >= 11 is 3.63. The average Bonchev–Trinajstić information content (AvgIpc) is 2.78. The van der Waals surface area contributed by atoms with E-state index in [1.54, 1.807) is 0 Å². The van der Waals surface area contributed by atoms with Gasteiger partial charge in [0.15, 0.2) is 0 Å². The van der Waals surface area contributed by atoms with E-state index >= 15 is 0 Å². The summed E-state index contributed by atoms with van der Waals surface area (Å²) in [6.07, 6.45) is 9.66. The third-order valence-electron chi connectivity index (χ3n) is 6.30. The Morgan fingerprint density at radius 2 is 1.45 bits per heavy atom. The van der Waals surface area contributed by atoms with Crippen LogP contribution in [0.1, 0.15) is 76.9 Å². The van der Waals surface area contributed by atoms with Crippen molar-refractivity contribution >= 4 is 37.5 Å². The minimum Gasteiger partial charge on any atom is -0.387 e. The van der Waals surface area contributed by atoms with Gasteiger partial charge in [-0.25, -0.2) is 0 Å². The maximum absolute atomic E-state index is 11.4. The third-order valence-corrected chi connectivity index (χ3v) is 6.79. The number of hydrogen-bond acceptors (Lipinski definition) is 2. The van der Waals surface area contributed by atoms with Gasteiger partial charge in [-0.05, 0) is 71.2 Å². The van der Waals surface area contributed by atoms with Crippen molar-refractivity contribution in [2.75, 3.05) is 19.6 Å². The molecule has 1 unspecified atom stereocenters. The van der Waals surface area contributed by atoms with Gasteiger partial charge in [0.1, 0.15) is 0 Å². The molecule has 168 valence electrons. The van der Waals surface area contributed by atoms with Crippen molar-refractivity contribution in [1.29, 1.82) is 0 Å². The summed E-state index contributed by atoms with van der Waals surface area (Å²) in [5.41, 5.74) is 1.05. The topological polar surface area (TPSA) is 23.5 Å². The fourth-order valence-electron chi connectivity index (χ4n) is 4.54. The zero-order valence-electron chi connectivity index (χ0n) is 19.2. The van der Waals surface area contributed by atoms with Gasteiger partial charge in [0.25, 0.3) is 0 Å². The number of hydrogen-bond donors (Lipinski definition) is 1. The van der Waals surface area contributed by atoms with Crippen LogP contribution >= 0.6 is 15.9 Å². The molecule has 0 saturated carbocycles. The van der Waals surface area contributed by atoms with E-state index in [1.165, 1.54) is 67.5 Å². The highest BCUT2D eigenvalue weighted by Gasteiger charge is 2.17. The third kappa shape index (κ3) is 6.78. The molecule has 1 N–H and O–H groups in total. The van der Waals surface area contributed by atoms with Gasteiger partial charge in [-0.1, -0.05) is 98.6 Å². The largest absolute Gasteiger partial charge is 0.387 e. The first-order valence-electron chi connectivity index (χ1n) is 12.1. The molecule has 0 amide bonds. The summed E-state index contributed by atoms with van der Waals surface area (Å²) in [5, 5.41) is 16.2. The van der Waals surface area contributed by atoms with Gasteiger partial charge < -0.3 is 10.0 Å². The van der Waals surface area contributed by atoms with E-state index in [1.807, 2.05) is 0 Å². The molecule has 0 aliphatic rings. The van der Waals surface area contributed by atoms with Crippen LogP contribution in [0.3, 0.4) is 0 Å². The number of benzene rings is 3. The lowest BCUT2D eigenvalue weighted by atomic mass is 9.94. The Kier molecular flexibility index (Phi) is 9.83. The van der Waals surface area contributed by atoms with Crippen molar-refractivity contribution in [2.45, 2.75) is 71.3 Å². The number of fused-ring (bicyclic) bond motifs is 3. The van der Waals surface area contributed by atoms with E-state index in [2.05, 4.69) is 83.2 Å². The standard InChI is InChI=1S/C28H38BrNO/c1-3-5-7-11-17-30(18-12-8-6-4-2)21-28(31)27-19-22-13-9-10-14-24(22)26-20-23(29)15-16-25(26)27/h9-10,13-16,19-20,28,31H,3-8,11-12,17-18,21H2,1-2H3. The van der Waals surface area contributed by atoms with Crippen molar-refractivity contribution in [1.82, 2.24) is 4.90 Å². The van der Waals surface area contributed by atoms with Crippen molar-refractivity contribution in [3.63, 3.8) is 0 Å². The number of aliphatic hydroxyl groups is 1. The van der Waals surface area contributed by atoms with Crippen LogP contribution in [-0.4, -0.2) is 29.6 Å². The van der Waals surface area contributed by atoms with Gasteiger partial charge in [0.2, 0.25) is 0 Å². The summed E-state index contributed by atoms with van der Waals surface area (Å²) in [4.78, 5) is 2.50. The van der Waals surface area contributed by atoms with Crippen LogP contribution in [0.5, 0.6) is 0 Å². The lowest BCUT2D eigenvalue weighted by Crippen LogP contribution is -2.31. The first-order valence-corrected chi connectivity index (χ1v) is 12.9. The highest BCUT2D eigenvalue weighted by Crippen LogP contribution is 2.34. The molecule has 3 heteroatoms. The Labute approximate surface area is 196 Å². The Morgan fingerprint density at radius 1 is 0.774 bits per heavy atom. The molecule has 0 spiro atoms. The molecule has 0 aromatic heterocycles. The van der Waals surface area contributed by atoms with Gasteiger partial charge in [-0.2, -0.15) is 0 Å². The van der Waals surface area contributed by atoms with Crippen LogP contribution in [0.15, 0.2) is 53.0 Å². The molecular formula is C28H38BrNO. The van der Waals surface area contributed by atoms with Gasteiger partial charge in [0, 0.05) is 11.0 Å². The summed E-state index contributed by atoms with van der Waals surface area (Å²) < 4.78 is 1.07. The van der Waals surface area contributed by atoms with Gasteiger partial charge in [-0.3, -0.25) is 0 Å². The van der Waals surface area contributed by atoms with Gasteiger partial charge in [-0.15, -0.1) is 0 Å². The number of rotatable bonds is 13. The molecule has 0 saturated heterocycles. The zero-order valence-corrected chi connectivity index (χ0v) is 20.8. The van der Waals surface area contributed by atoms with E-state index in [0.29, 0.717) is 6.54 Å². The Bertz CT molecular complexity index is 942. The Hall–Kier alpha value is -1.42. The molecule has 31 heavy (non-hydrogen) atoms. The molecule has 0 fully saturated rings. The van der Waals surface area contributed by atoms with Crippen LogP contribution in [-0.2, 0) is 0 Å². The number of aliphatic hydroxyl groups excluding tert-OH is 1. The first-order chi connectivity index (χ1) is 15.1. The van der Waals surface area contributed by atoms with Crippen LogP contribution in [0, 0.1) is 0 Å².